The molecule has 2 aromatic carbocycles. The number of nitrogens with one attached hydrogen (secondary N) is 2. The predicted octanol–water partition coefficient (Wildman–Crippen LogP) is 4.46. The topological polar surface area (TPSA) is 74.8 Å². The minimum Gasteiger partial charge on any atom is -0.309 e. The Morgan fingerprint density at radius 1 is 1.12 bits per heavy atom. The lowest BCUT2D eigenvalue weighted by Gasteiger charge is -2.22. The lowest BCUT2D eigenvalue weighted by molar-refractivity contribution is -0.116. The number of H-pyrrole nitrogens is 1. The molecule has 0 bridgehead atoms. The Hall–Kier alpha value is -2.73. The summed E-state index contributed by atoms with van der Waals surface area (Å²) >= 11 is 3.38. The largest absolute Gasteiger partial charge is 0.309 e. The van der Waals surface area contributed by atoms with E-state index in [1.807, 2.05) is 43.3 Å². The molecule has 0 fully saturated rings. The van der Waals surface area contributed by atoms with E-state index in [0.717, 1.165) is 26.9 Å². The van der Waals surface area contributed by atoms with E-state index in [9.17, 15) is 9.59 Å². The van der Waals surface area contributed by atoms with Crippen molar-refractivity contribution in [1.29, 1.82) is 0 Å². The van der Waals surface area contributed by atoms with Gasteiger partial charge in [0.1, 0.15) is 0 Å². The molecule has 1 aliphatic rings. The second-order valence-electron chi connectivity index (χ2n) is 6.40. The second-order valence-corrected chi connectivity index (χ2v) is 7.32. The number of aryl methyl sites for hydroxylation is 1. The lowest BCUT2D eigenvalue weighted by Crippen LogP contribution is -2.27. The van der Waals surface area contributed by atoms with Gasteiger partial charge in [-0.05, 0) is 24.6 Å². The van der Waals surface area contributed by atoms with Gasteiger partial charge in [-0.2, -0.15) is 5.10 Å². The summed E-state index contributed by atoms with van der Waals surface area (Å²) in [5.41, 5.74) is 4.19. The molecule has 0 spiro atoms. The number of fused-ring (bicyclic) bond motifs is 1. The highest BCUT2D eigenvalue weighted by Crippen LogP contribution is 2.39. The number of anilines is 1. The first-order chi connectivity index (χ1) is 12.5. The van der Waals surface area contributed by atoms with Crippen LogP contribution < -0.4 is 5.32 Å². The van der Waals surface area contributed by atoms with Gasteiger partial charge in [0.2, 0.25) is 5.91 Å². The van der Waals surface area contributed by atoms with Crippen molar-refractivity contribution in [3.8, 4) is 11.3 Å². The van der Waals surface area contributed by atoms with Gasteiger partial charge in [-0.25, -0.2) is 0 Å². The van der Waals surface area contributed by atoms with Crippen LogP contribution in [0, 0.1) is 6.92 Å². The number of aromatic amines is 1. The third kappa shape index (κ3) is 2.97. The van der Waals surface area contributed by atoms with Crippen LogP contribution in [0.2, 0.25) is 0 Å². The van der Waals surface area contributed by atoms with E-state index >= 15 is 0 Å². The number of carbonyl (C=O) groups excluding carboxylic acids is 2. The van der Waals surface area contributed by atoms with Crippen molar-refractivity contribution in [1.82, 2.24) is 10.2 Å². The van der Waals surface area contributed by atoms with Gasteiger partial charge >= 0.3 is 0 Å². The van der Waals surface area contributed by atoms with Gasteiger partial charge in [-0.15, -0.1) is 0 Å². The standard InChI is InChI=1S/C20H16BrN3O2/c1-11-2-4-12(5-3-11)18-17-15(10-16(25)22-20(17)24-23-18)19(26)13-6-8-14(21)9-7-13/h2-9,15H,10H2,1H3,(H2,22,23,24,25). The molecule has 1 aromatic heterocycles. The molecular weight excluding hydrogens is 394 g/mol. The summed E-state index contributed by atoms with van der Waals surface area (Å²) < 4.78 is 0.903. The number of ketones is 1. The number of nitrogens with zero attached hydrogens (tertiary/aromatic N) is 1. The summed E-state index contributed by atoms with van der Waals surface area (Å²) in [5.74, 6) is -0.402. The van der Waals surface area contributed by atoms with Crippen LogP contribution in [0.5, 0.6) is 0 Å². The molecule has 2 heterocycles. The average Bonchev–Trinajstić information content (AvgIpc) is 3.05. The number of aromatic nitrogens is 2. The van der Waals surface area contributed by atoms with Crippen LogP contribution in [0.15, 0.2) is 53.0 Å². The zero-order valence-electron chi connectivity index (χ0n) is 14.0. The summed E-state index contributed by atoms with van der Waals surface area (Å²) in [7, 11) is 0. The molecule has 26 heavy (non-hydrogen) atoms. The van der Waals surface area contributed by atoms with E-state index in [2.05, 4.69) is 31.4 Å². The number of carbonyl (C=O) groups is 2. The number of hydrogen-bond donors (Lipinski definition) is 2. The van der Waals surface area contributed by atoms with E-state index < -0.39 is 5.92 Å². The zero-order valence-corrected chi connectivity index (χ0v) is 15.6. The van der Waals surface area contributed by atoms with Gasteiger partial charge in [0, 0.05) is 22.0 Å². The smallest absolute Gasteiger partial charge is 0.226 e. The summed E-state index contributed by atoms with van der Waals surface area (Å²) in [6, 6.07) is 15.2. The number of Topliss-reactive ketones (excluding diaryl/α,β-unsaturated/α-hetero) is 1. The summed E-state index contributed by atoms with van der Waals surface area (Å²) in [5, 5.41) is 9.99. The highest BCUT2D eigenvalue weighted by Gasteiger charge is 2.35. The quantitative estimate of drug-likeness (QED) is 0.627. The van der Waals surface area contributed by atoms with Crippen molar-refractivity contribution in [3.63, 3.8) is 0 Å². The first-order valence-electron chi connectivity index (χ1n) is 8.28. The maximum Gasteiger partial charge on any atom is 0.226 e. The van der Waals surface area contributed by atoms with Gasteiger partial charge in [0.05, 0.1) is 11.6 Å². The number of amides is 1. The van der Waals surface area contributed by atoms with Crippen molar-refractivity contribution in [2.45, 2.75) is 19.3 Å². The van der Waals surface area contributed by atoms with Gasteiger partial charge < -0.3 is 5.32 Å². The van der Waals surface area contributed by atoms with Crippen molar-refractivity contribution < 1.29 is 9.59 Å². The molecule has 0 saturated heterocycles. The fourth-order valence-electron chi connectivity index (χ4n) is 3.24. The number of rotatable bonds is 3. The average molecular weight is 410 g/mol. The van der Waals surface area contributed by atoms with E-state index in [1.54, 1.807) is 12.1 Å². The van der Waals surface area contributed by atoms with Crippen molar-refractivity contribution in [2.24, 2.45) is 0 Å². The van der Waals surface area contributed by atoms with Gasteiger partial charge in [-0.1, -0.05) is 57.9 Å². The minimum absolute atomic E-state index is 0.0802. The summed E-state index contributed by atoms with van der Waals surface area (Å²) in [6.45, 7) is 2.02. The van der Waals surface area contributed by atoms with Crippen LogP contribution in [0.4, 0.5) is 5.82 Å². The first-order valence-corrected chi connectivity index (χ1v) is 9.07. The Labute approximate surface area is 159 Å². The predicted molar refractivity (Wildman–Crippen MR) is 103 cm³/mol. The summed E-state index contributed by atoms with van der Waals surface area (Å²) in [6.07, 6.45) is 0.111. The van der Waals surface area contributed by atoms with Crippen LogP contribution in [-0.4, -0.2) is 21.9 Å². The maximum atomic E-state index is 13.1. The molecule has 1 atom stereocenters. The minimum atomic E-state index is -0.560. The first kappa shape index (κ1) is 16.7. The van der Waals surface area contributed by atoms with Crippen LogP contribution in [0.1, 0.15) is 33.8 Å². The molecule has 1 amide bonds. The molecule has 5 nitrogen and oxygen atoms in total. The van der Waals surface area contributed by atoms with E-state index in [1.165, 1.54) is 0 Å². The van der Waals surface area contributed by atoms with Crippen LogP contribution in [0.3, 0.4) is 0 Å². The molecule has 2 N–H and O–H groups in total. The second kappa shape index (κ2) is 6.53. The van der Waals surface area contributed by atoms with E-state index in [-0.39, 0.29) is 18.1 Å². The molecule has 3 aromatic rings. The van der Waals surface area contributed by atoms with Gasteiger partial charge in [0.15, 0.2) is 11.6 Å². The van der Waals surface area contributed by atoms with Crippen LogP contribution in [-0.2, 0) is 4.79 Å². The highest BCUT2D eigenvalue weighted by molar-refractivity contribution is 9.10. The fraction of sp³-hybridized carbons (Fsp3) is 0.150. The number of benzene rings is 2. The number of hydrogen-bond acceptors (Lipinski definition) is 3. The highest BCUT2D eigenvalue weighted by atomic mass is 79.9. The van der Waals surface area contributed by atoms with E-state index in [4.69, 9.17) is 0 Å². The Kier molecular flexibility index (Phi) is 4.20. The van der Waals surface area contributed by atoms with Crippen LogP contribution in [0.25, 0.3) is 11.3 Å². The fourth-order valence-corrected chi connectivity index (χ4v) is 3.50. The summed E-state index contributed by atoms with van der Waals surface area (Å²) in [4.78, 5) is 25.2. The Bertz CT molecular complexity index is 991. The Morgan fingerprint density at radius 2 is 1.81 bits per heavy atom. The maximum absolute atomic E-state index is 13.1. The molecule has 0 aliphatic carbocycles. The van der Waals surface area contributed by atoms with Crippen molar-refractivity contribution >= 4 is 33.4 Å². The van der Waals surface area contributed by atoms with Gasteiger partial charge in [0.25, 0.3) is 0 Å². The Morgan fingerprint density at radius 3 is 2.50 bits per heavy atom. The zero-order chi connectivity index (χ0) is 18.3. The van der Waals surface area contributed by atoms with Crippen molar-refractivity contribution in [3.05, 3.63) is 69.7 Å². The van der Waals surface area contributed by atoms with Crippen LogP contribution >= 0.6 is 15.9 Å². The normalized spacial score (nSPS) is 16.1. The van der Waals surface area contributed by atoms with E-state index in [0.29, 0.717) is 11.4 Å². The third-order valence-corrected chi connectivity index (χ3v) is 5.11. The molecule has 0 saturated carbocycles. The van der Waals surface area contributed by atoms with Gasteiger partial charge in [-0.3, -0.25) is 14.7 Å². The monoisotopic (exact) mass is 409 g/mol. The lowest BCUT2D eigenvalue weighted by atomic mass is 9.84. The molecule has 130 valence electrons. The van der Waals surface area contributed by atoms with Crippen molar-refractivity contribution in [2.75, 3.05) is 5.32 Å². The third-order valence-electron chi connectivity index (χ3n) is 4.59. The molecule has 1 aliphatic heterocycles. The molecule has 4 rings (SSSR count). The molecule has 0 radical (unpaired) electrons. The Balaban J connectivity index is 1.80. The molecule has 1 unspecified atom stereocenters. The molecular formula is C20H16BrN3O2. The SMILES string of the molecule is Cc1ccc(-c2[nH]nc3c2C(C(=O)c2ccc(Br)cc2)CC(=O)N3)cc1. The molecule has 6 heteroatoms. The number of halogens is 1.